The minimum absolute atomic E-state index is 0.241. The van der Waals surface area contributed by atoms with Gasteiger partial charge in [0.1, 0.15) is 5.69 Å². The average Bonchev–Trinajstić information content (AvgIpc) is 2.88. The van der Waals surface area contributed by atoms with Crippen LogP contribution in [0, 0.1) is 0 Å². The Bertz CT molecular complexity index is 641. The summed E-state index contributed by atoms with van der Waals surface area (Å²) in [4.78, 5) is 12.3. The molecule has 112 valence electrons. The van der Waals surface area contributed by atoms with Crippen LogP contribution in [0.3, 0.4) is 0 Å². The van der Waals surface area contributed by atoms with Crippen molar-refractivity contribution in [2.45, 2.75) is 25.9 Å². The summed E-state index contributed by atoms with van der Waals surface area (Å²) in [5.41, 5.74) is 0.477. The van der Waals surface area contributed by atoms with Crippen molar-refractivity contribution in [1.29, 1.82) is 0 Å². The molecule has 2 rings (SSSR count). The molecule has 0 spiro atoms. The number of carbonyl (C=O) groups is 1. The summed E-state index contributed by atoms with van der Waals surface area (Å²) in [7, 11) is 0. The molecule has 0 unspecified atom stereocenters. The van der Waals surface area contributed by atoms with E-state index < -0.39 is 5.54 Å². The molecule has 1 heterocycles. The summed E-state index contributed by atoms with van der Waals surface area (Å²) >= 11 is 10.2. The molecule has 0 aliphatic rings. The maximum Gasteiger partial charge on any atom is 0.253 e. The molecule has 0 aliphatic heterocycles. The third-order valence-electron chi connectivity index (χ3n) is 3.05. The van der Waals surface area contributed by atoms with Gasteiger partial charge in [0.25, 0.3) is 5.91 Å². The molecule has 0 bridgehead atoms. The molecule has 1 aromatic carbocycles. The highest BCUT2D eigenvalue weighted by atomic mass is 35.5. The molecule has 7 heteroatoms. The van der Waals surface area contributed by atoms with Gasteiger partial charge in [-0.1, -0.05) is 28.9 Å². The zero-order chi connectivity index (χ0) is 15.5. The summed E-state index contributed by atoms with van der Waals surface area (Å²) < 4.78 is 1.70. The van der Waals surface area contributed by atoms with Crippen molar-refractivity contribution in [3.63, 3.8) is 0 Å². The van der Waals surface area contributed by atoms with Crippen LogP contribution in [0.15, 0.2) is 30.5 Å². The summed E-state index contributed by atoms with van der Waals surface area (Å²) in [5, 5.41) is 11.5. The first kappa shape index (κ1) is 15.9. The number of aryl methyl sites for hydroxylation is 1. The van der Waals surface area contributed by atoms with Crippen molar-refractivity contribution in [3.05, 3.63) is 46.7 Å². The number of nitrogens with one attached hydrogen (secondary N) is 1. The van der Waals surface area contributed by atoms with E-state index in [1.165, 1.54) is 0 Å². The first-order chi connectivity index (χ1) is 9.94. The van der Waals surface area contributed by atoms with Crippen LogP contribution >= 0.6 is 24.2 Å². The number of amides is 1. The first-order valence-corrected chi connectivity index (χ1v) is 7.53. The average molecular weight is 325 g/mol. The summed E-state index contributed by atoms with van der Waals surface area (Å²) in [6.07, 6.45) is 1.81. The Morgan fingerprint density at radius 2 is 2.14 bits per heavy atom. The van der Waals surface area contributed by atoms with Crippen molar-refractivity contribution >= 4 is 30.1 Å². The van der Waals surface area contributed by atoms with Gasteiger partial charge in [0.05, 0.1) is 28.9 Å². The third kappa shape index (κ3) is 3.77. The number of carbonyl (C=O) groups excluding carboxylic acids is 1. The van der Waals surface area contributed by atoms with Crippen LogP contribution in [0.5, 0.6) is 0 Å². The molecule has 0 fully saturated rings. The summed E-state index contributed by atoms with van der Waals surface area (Å²) in [6, 6.07) is 6.93. The lowest BCUT2D eigenvalue weighted by molar-refractivity contribution is 0.0910. The smallest absolute Gasteiger partial charge is 0.253 e. The molecule has 0 radical (unpaired) electrons. The zero-order valence-electron chi connectivity index (χ0n) is 11.9. The van der Waals surface area contributed by atoms with Gasteiger partial charge < -0.3 is 5.32 Å². The normalized spacial score (nSPS) is 11.4. The van der Waals surface area contributed by atoms with E-state index in [-0.39, 0.29) is 5.91 Å². The number of halogens is 1. The van der Waals surface area contributed by atoms with Gasteiger partial charge in [0.15, 0.2) is 0 Å². The lowest BCUT2D eigenvalue weighted by atomic mass is 10.0. The number of nitrogens with zero attached hydrogens (tertiary/aromatic N) is 3. The largest absolute Gasteiger partial charge is 0.341 e. The molecular formula is C14H17ClN4OS. The van der Waals surface area contributed by atoms with Gasteiger partial charge in [0, 0.05) is 5.75 Å². The lowest BCUT2D eigenvalue weighted by Gasteiger charge is -2.23. The summed E-state index contributed by atoms with van der Waals surface area (Å²) in [5.74, 6) is 0.434. The van der Waals surface area contributed by atoms with Gasteiger partial charge >= 0.3 is 0 Å². The van der Waals surface area contributed by atoms with Crippen molar-refractivity contribution in [2.24, 2.45) is 0 Å². The lowest BCUT2D eigenvalue weighted by Crippen LogP contribution is -2.41. The quantitative estimate of drug-likeness (QED) is 0.831. The third-order valence-corrected chi connectivity index (χ3v) is 3.58. The predicted octanol–water partition coefficient (Wildman–Crippen LogP) is 2.53. The molecule has 0 atom stereocenters. The molecule has 21 heavy (non-hydrogen) atoms. The summed E-state index contributed by atoms with van der Waals surface area (Å²) in [6.45, 7) is 4.41. The SMILES string of the molecule is CC(C)(NC(=O)c1ccccc1Cl)c1cn(CCS)nn1. The molecule has 5 nitrogen and oxygen atoms in total. The van der Waals surface area contributed by atoms with Crippen molar-refractivity contribution < 1.29 is 4.79 Å². The maximum absolute atomic E-state index is 12.3. The molecule has 0 aliphatic carbocycles. The van der Waals surface area contributed by atoms with E-state index in [1.54, 1.807) is 28.9 Å². The van der Waals surface area contributed by atoms with E-state index in [4.69, 9.17) is 11.6 Å². The van der Waals surface area contributed by atoms with Crippen LogP contribution in [0.1, 0.15) is 29.9 Å². The van der Waals surface area contributed by atoms with Crippen molar-refractivity contribution in [2.75, 3.05) is 5.75 Å². The Morgan fingerprint density at radius 3 is 2.81 bits per heavy atom. The van der Waals surface area contributed by atoms with E-state index in [1.807, 2.05) is 20.0 Å². The highest BCUT2D eigenvalue weighted by molar-refractivity contribution is 7.80. The maximum atomic E-state index is 12.3. The topological polar surface area (TPSA) is 59.8 Å². The van der Waals surface area contributed by atoms with E-state index in [2.05, 4.69) is 28.3 Å². The molecule has 0 saturated carbocycles. The number of rotatable bonds is 5. The van der Waals surface area contributed by atoms with E-state index in [0.717, 1.165) is 0 Å². The van der Waals surface area contributed by atoms with Gasteiger partial charge in [-0.3, -0.25) is 9.48 Å². The van der Waals surface area contributed by atoms with Crippen LogP contribution in [-0.4, -0.2) is 26.7 Å². The van der Waals surface area contributed by atoms with Gasteiger partial charge in [-0.25, -0.2) is 0 Å². The first-order valence-electron chi connectivity index (χ1n) is 6.52. The molecule has 1 N–H and O–H groups in total. The fraction of sp³-hybridized carbons (Fsp3) is 0.357. The second-order valence-corrected chi connectivity index (χ2v) is 6.00. The molecule has 2 aromatic rings. The molecule has 1 amide bonds. The van der Waals surface area contributed by atoms with Crippen molar-refractivity contribution in [1.82, 2.24) is 20.3 Å². The van der Waals surface area contributed by atoms with Gasteiger partial charge in [-0.15, -0.1) is 5.10 Å². The number of thiol groups is 1. The second-order valence-electron chi connectivity index (χ2n) is 5.15. The minimum Gasteiger partial charge on any atom is -0.341 e. The van der Waals surface area contributed by atoms with Gasteiger partial charge in [0.2, 0.25) is 0 Å². The van der Waals surface area contributed by atoms with Crippen LogP contribution in [0.2, 0.25) is 5.02 Å². The van der Waals surface area contributed by atoms with Crippen LogP contribution in [0.25, 0.3) is 0 Å². The second kappa shape index (κ2) is 6.49. The number of benzene rings is 1. The molecular weight excluding hydrogens is 308 g/mol. The van der Waals surface area contributed by atoms with Gasteiger partial charge in [-0.2, -0.15) is 12.6 Å². The number of aromatic nitrogens is 3. The number of hydrogen-bond acceptors (Lipinski definition) is 4. The molecule has 1 aromatic heterocycles. The Morgan fingerprint density at radius 1 is 1.43 bits per heavy atom. The van der Waals surface area contributed by atoms with E-state index >= 15 is 0 Å². The fourth-order valence-electron chi connectivity index (χ4n) is 1.86. The van der Waals surface area contributed by atoms with Crippen molar-refractivity contribution in [3.8, 4) is 0 Å². The minimum atomic E-state index is -0.648. The number of hydrogen-bond donors (Lipinski definition) is 2. The molecule has 0 saturated heterocycles. The highest BCUT2D eigenvalue weighted by Crippen LogP contribution is 2.20. The zero-order valence-corrected chi connectivity index (χ0v) is 13.5. The van der Waals surface area contributed by atoms with Gasteiger partial charge in [-0.05, 0) is 26.0 Å². The van der Waals surface area contributed by atoms with Crippen LogP contribution in [-0.2, 0) is 12.1 Å². The van der Waals surface area contributed by atoms with Crippen LogP contribution < -0.4 is 5.32 Å². The Hall–Kier alpha value is -1.53. The highest BCUT2D eigenvalue weighted by Gasteiger charge is 2.27. The Balaban J connectivity index is 2.16. The van der Waals surface area contributed by atoms with Crippen LogP contribution in [0.4, 0.5) is 0 Å². The fourth-order valence-corrected chi connectivity index (χ4v) is 2.28. The van der Waals surface area contributed by atoms with E-state index in [9.17, 15) is 4.79 Å². The Labute approximate surface area is 134 Å². The Kier molecular flexibility index (Phi) is 4.90. The standard InChI is InChI=1S/C14H17ClN4OS/c1-14(2,12-9-19(7-8-21)18-17-12)16-13(20)10-5-3-4-6-11(10)15/h3-6,9,21H,7-8H2,1-2H3,(H,16,20). The monoisotopic (exact) mass is 324 g/mol. The van der Waals surface area contributed by atoms with E-state index in [0.29, 0.717) is 28.6 Å². The predicted molar refractivity (Wildman–Crippen MR) is 85.8 cm³/mol.